The van der Waals surface area contributed by atoms with E-state index in [1.807, 2.05) is 24.3 Å². The summed E-state index contributed by atoms with van der Waals surface area (Å²) in [4.78, 5) is 15.2. The maximum absolute atomic E-state index is 12.7. The summed E-state index contributed by atoms with van der Waals surface area (Å²) in [6.07, 6.45) is 8.60. The second-order valence-corrected chi connectivity index (χ2v) is 9.59. The molecule has 164 valence electrons. The minimum Gasteiger partial charge on any atom is -0.490 e. The van der Waals surface area contributed by atoms with Crippen molar-refractivity contribution in [3.63, 3.8) is 0 Å². The first-order valence-corrected chi connectivity index (χ1v) is 12.1. The molecule has 2 aromatic carbocycles. The van der Waals surface area contributed by atoms with E-state index in [0.29, 0.717) is 6.04 Å². The van der Waals surface area contributed by atoms with Crippen LogP contribution in [-0.2, 0) is 6.42 Å². The van der Waals surface area contributed by atoms with Crippen molar-refractivity contribution in [2.75, 3.05) is 19.6 Å². The van der Waals surface area contributed by atoms with Gasteiger partial charge >= 0.3 is 0 Å². The average molecular weight is 419 g/mol. The predicted molar refractivity (Wildman–Crippen MR) is 123 cm³/mol. The van der Waals surface area contributed by atoms with Crippen LogP contribution >= 0.6 is 0 Å². The van der Waals surface area contributed by atoms with Gasteiger partial charge in [-0.3, -0.25) is 4.79 Å². The number of nitrogens with one attached hydrogen (secondary N) is 1. The number of likely N-dealkylation sites (tertiary alicyclic amines) is 1. The summed E-state index contributed by atoms with van der Waals surface area (Å²) in [6.45, 7) is 3.28. The number of hydrogen-bond donors (Lipinski definition) is 1. The normalized spacial score (nSPS) is 20.0. The Morgan fingerprint density at radius 3 is 2.16 bits per heavy atom. The highest BCUT2D eigenvalue weighted by Crippen LogP contribution is 2.44. The van der Waals surface area contributed by atoms with E-state index in [4.69, 9.17) is 4.74 Å². The molecule has 2 aromatic rings. The molecule has 0 unspecified atom stereocenters. The van der Waals surface area contributed by atoms with Crippen LogP contribution < -0.4 is 10.1 Å². The Morgan fingerprint density at radius 2 is 1.55 bits per heavy atom. The highest BCUT2D eigenvalue weighted by Gasteiger charge is 2.42. The van der Waals surface area contributed by atoms with Crippen molar-refractivity contribution in [2.24, 2.45) is 11.8 Å². The predicted octanol–water partition coefficient (Wildman–Crippen LogP) is 4.69. The van der Waals surface area contributed by atoms with E-state index in [2.05, 4.69) is 40.5 Å². The zero-order valence-electron chi connectivity index (χ0n) is 18.3. The smallest absolute Gasteiger partial charge is 0.251 e. The van der Waals surface area contributed by atoms with Gasteiger partial charge in [-0.1, -0.05) is 30.3 Å². The van der Waals surface area contributed by atoms with Crippen LogP contribution in [0, 0.1) is 11.8 Å². The Kier molecular flexibility index (Phi) is 6.26. The fourth-order valence-corrected chi connectivity index (χ4v) is 4.83. The SMILES string of the molecule is O=C(NC(C1CC1)C1CC1)c1ccc(OC2CCN(CCc3ccccc3)CC2)cc1. The molecule has 1 aliphatic heterocycles. The number of piperidine rings is 1. The minimum atomic E-state index is 0.0714. The van der Waals surface area contributed by atoms with Crippen LogP contribution in [-0.4, -0.2) is 42.6 Å². The maximum Gasteiger partial charge on any atom is 0.251 e. The molecule has 0 atom stereocenters. The molecule has 0 spiro atoms. The largest absolute Gasteiger partial charge is 0.490 e. The zero-order valence-corrected chi connectivity index (χ0v) is 18.3. The van der Waals surface area contributed by atoms with Crippen LogP contribution in [0.4, 0.5) is 0 Å². The topological polar surface area (TPSA) is 41.6 Å². The lowest BCUT2D eigenvalue weighted by Gasteiger charge is -2.32. The molecule has 31 heavy (non-hydrogen) atoms. The molecular formula is C27H34N2O2. The molecule has 1 saturated heterocycles. The van der Waals surface area contributed by atoms with Gasteiger partial charge in [-0.05, 0) is 86.6 Å². The van der Waals surface area contributed by atoms with Gasteiger partial charge < -0.3 is 15.0 Å². The van der Waals surface area contributed by atoms with Gasteiger partial charge in [0.2, 0.25) is 0 Å². The Bertz CT molecular complexity index is 839. The third-order valence-corrected chi connectivity index (χ3v) is 7.07. The Labute approximate surface area is 186 Å². The second-order valence-electron chi connectivity index (χ2n) is 9.59. The van der Waals surface area contributed by atoms with Gasteiger partial charge in [0.25, 0.3) is 5.91 Å². The molecule has 0 bridgehead atoms. The van der Waals surface area contributed by atoms with Gasteiger partial charge in [0.15, 0.2) is 0 Å². The number of ether oxygens (including phenoxy) is 1. The Morgan fingerprint density at radius 1 is 0.903 bits per heavy atom. The summed E-state index contributed by atoms with van der Waals surface area (Å²) in [5.74, 6) is 2.39. The summed E-state index contributed by atoms with van der Waals surface area (Å²) in [5.41, 5.74) is 2.15. The van der Waals surface area contributed by atoms with E-state index in [0.717, 1.165) is 62.0 Å². The van der Waals surface area contributed by atoms with Crippen molar-refractivity contribution >= 4 is 5.91 Å². The lowest BCUT2D eigenvalue weighted by molar-refractivity contribution is 0.0925. The zero-order chi connectivity index (χ0) is 21.0. The van der Waals surface area contributed by atoms with Gasteiger partial charge in [-0.25, -0.2) is 0 Å². The summed E-state index contributed by atoms with van der Waals surface area (Å²) in [5, 5.41) is 3.30. The lowest BCUT2D eigenvalue weighted by atomic mass is 10.1. The summed E-state index contributed by atoms with van der Waals surface area (Å²) >= 11 is 0. The van der Waals surface area contributed by atoms with E-state index in [1.165, 1.54) is 31.2 Å². The molecule has 4 heteroatoms. The number of amides is 1. The average Bonchev–Trinajstić information content (AvgIpc) is 3.72. The number of carbonyl (C=O) groups excluding carboxylic acids is 1. The number of nitrogens with zero attached hydrogens (tertiary/aromatic N) is 1. The third kappa shape index (κ3) is 5.68. The van der Waals surface area contributed by atoms with Gasteiger partial charge in [-0.2, -0.15) is 0 Å². The number of carbonyl (C=O) groups is 1. The lowest BCUT2D eigenvalue weighted by Crippen LogP contribution is -2.39. The molecule has 5 rings (SSSR count). The molecule has 1 N–H and O–H groups in total. The highest BCUT2D eigenvalue weighted by molar-refractivity contribution is 5.94. The van der Waals surface area contributed by atoms with E-state index in [-0.39, 0.29) is 12.0 Å². The van der Waals surface area contributed by atoms with Crippen molar-refractivity contribution < 1.29 is 9.53 Å². The minimum absolute atomic E-state index is 0.0714. The molecule has 2 aliphatic carbocycles. The maximum atomic E-state index is 12.7. The van der Waals surface area contributed by atoms with Gasteiger partial charge in [0.1, 0.15) is 11.9 Å². The van der Waals surface area contributed by atoms with Crippen LogP contribution in [0.25, 0.3) is 0 Å². The third-order valence-electron chi connectivity index (χ3n) is 7.07. The number of hydrogen-bond acceptors (Lipinski definition) is 3. The first-order chi connectivity index (χ1) is 15.2. The van der Waals surface area contributed by atoms with E-state index < -0.39 is 0 Å². The van der Waals surface area contributed by atoms with Gasteiger partial charge in [0, 0.05) is 31.2 Å². The molecule has 1 heterocycles. The standard InChI is InChI=1S/C27H34N2O2/c30-27(28-26(21-6-7-21)22-8-9-22)23-10-12-24(13-11-23)31-25-15-18-29(19-16-25)17-14-20-4-2-1-3-5-20/h1-5,10-13,21-22,25-26H,6-9,14-19H2,(H,28,30). The molecular weight excluding hydrogens is 384 g/mol. The van der Waals surface area contributed by atoms with Crippen LogP contribution in [0.2, 0.25) is 0 Å². The second kappa shape index (κ2) is 9.44. The molecule has 0 aromatic heterocycles. The van der Waals surface area contributed by atoms with Gasteiger partial charge in [-0.15, -0.1) is 0 Å². The Hall–Kier alpha value is -2.33. The summed E-state index contributed by atoms with van der Waals surface area (Å²) in [6, 6.07) is 18.9. The van der Waals surface area contributed by atoms with Crippen molar-refractivity contribution in [3.8, 4) is 5.75 Å². The monoisotopic (exact) mass is 418 g/mol. The molecule has 1 amide bonds. The van der Waals surface area contributed by atoms with Crippen LogP contribution in [0.3, 0.4) is 0 Å². The van der Waals surface area contributed by atoms with E-state index in [1.54, 1.807) is 0 Å². The van der Waals surface area contributed by atoms with E-state index in [9.17, 15) is 4.79 Å². The van der Waals surface area contributed by atoms with E-state index >= 15 is 0 Å². The molecule has 2 saturated carbocycles. The van der Waals surface area contributed by atoms with Crippen LogP contribution in [0.15, 0.2) is 54.6 Å². The molecule has 3 aliphatic rings. The quantitative estimate of drug-likeness (QED) is 0.642. The fraction of sp³-hybridized carbons (Fsp3) is 0.519. The van der Waals surface area contributed by atoms with Crippen molar-refractivity contribution in [2.45, 2.75) is 57.1 Å². The summed E-state index contributed by atoms with van der Waals surface area (Å²) in [7, 11) is 0. The van der Waals surface area contributed by atoms with Crippen molar-refractivity contribution in [1.29, 1.82) is 0 Å². The van der Waals surface area contributed by atoms with Crippen LogP contribution in [0.1, 0.15) is 54.4 Å². The summed E-state index contributed by atoms with van der Waals surface area (Å²) < 4.78 is 6.22. The molecule has 3 fully saturated rings. The molecule has 0 radical (unpaired) electrons. The number of rotatable bonds is 9. The highest BCUT2D eigenvalue weighted by atomic mass is 16.5. The molecule has 4 nitrogen and oxygen atoms in total. The van der Waals surface area contributed by atoms with Gasteiger partial charge in [0.05, 0.1) is 0 Å². The van der Waals surface area contributed by atoms with Crippen molar-refractivity contribution in [3.05, 3.63) is 65.7 Å². The van der Waals surface area contributed by atoms with Crippen molar-refractivity contribution in [1.82, 2.24) is 10.2 Å². The first-order valence-electron chi connectivity index (χ1n) is 12.1. The van der Waals surface area contributed by atoms with Crippen LogP contribution in [0.5, 0.6) is 5.75 Å². The number of benzene rings is 2. The fourth-order valence-electron chi connectivity index (χ4n) is 4.83. The first kappa shape index (κ1) is 20.6. The Balaban J connectivity index is 1.06.